The van der Waals surface area contributed by atoms with E-state index in [1.165, 1.54) is 18.2 Å². The van der Waals surface area contributed by atoms with Gasteiger partial charge < -0.3 is 5.73 Å². The molecule has 1 aromatic heterocycles. The molecule has 0 spiro atoms. The molecule has 1 aromatic carbocycles. The van der Waals surface area contributed by atoms with E-state index in [1.54, 1.807) is 0 Å². The van der Waals surface area contributed by atoms with Gasteiger partial charge in [0.15, 0.2) is 0 Å². The van der Waals surface area contributed by atoms with Crippen molar-refractivity contribution >= 4 is 55.4 Å². The molecule has 0 radical (unpaired) electrons. The fraction of sp³-hybridized carbons (Fsp3) is 0. The Morgan fingerprint density at radius 3 is 2.50 bits per heavy atom. The first-order valence-corrected chi connectivity index (χ1v) is 7.51. The molecular formula is C8H6Cl2N4O2S2. The summed E-state index contributed by atoms with van der Waals surface area (Å²) >= 11 is 12.3. The van der Waals surface area contributed by atoms with E-state index >= 15 is 0 Å². The number of nitrogens with zero attached hydrogens (tertiary/aromatic N) is 2. The maximum atomic E-state index is 11.9. The van der Waals surface area contributed by atoms with Gasteiger partial charge in [-0.15, -0.1) is 10.2 Å². The van der Waals surface area contributed by atoms with Crippen LogP contribution < -0.4 is 10.5 Å². The molecule has 10 heteroatoms. The van der Waals surface area contributed by atoms with Gasteiger partial charge in [-0.25, -0.2) is 0 Å². The third kappa shape index (κ3) is 2.83. The summed E-state index contributed by atoms with van der Waals surface area (Å²) in [5.41, 5.74) is 5.60. The summed E-state index contributed by atoms with van der Waals surface area (Å²) in [4.78, 5) is 0. The number of hydrogen-bond acceptors (Lipinski definition) is 6. The highest BCUT2D eigenvalue weighted by atomic mass is 35.5. The zero-order valence-electron chi connectivity index (χ0n) is 8.59. The van der Waals surface area contributed by atoms with Crippen LogP contribution in [0.3, 0.4) is 0 Å². The Balaban J connectivity index is 2.30. The number of anilines is 2. The lowest BCUT2D eigenvalue weighted by Gasteiger charge is -2.05. The second kappa shape index (κ2) is 4.88. The Bertz CT molecular complexity index is 686. The zero-order chi connectivity index (χ0) is 13.3. The van der Waals surface area contributed by atoms with Crippen LogP contribution in [0.1, 0.15) is 0 Å². The largest absolute Gasteiger partial charge is 0.374 e. The third-order valence-electron chi connectivity index (χ3n) is 1.82. The molecule has 96 valence electrons. The van der Waals surface area contributed by atoms with Crippen molar-refractivity contribution < 1.29 is 8.42 Å². The summed E-state index contributed by atoms with van der Waals surface area (Å²) in [6.07, 6.45) is 0. The topological polar surface area (TPSA) is 98.0 Å². The standard InChI is InChI=1S/C8H6Cl2N4O2S2/c9-5-2-1-4(3-6(5)10)14-18(15,16)8-13-12-7(11)17-8/h1-3,14H,(H2,11,12). The first-order valence-electron chi connectivity index (χ1n) is 4.45. The summed E-state index contributed by atoms with van der Waals surface area (Å²) in [7, 11) is -3.81. The molecule has 0 amide bonds. The molecule has 0 saturated carbocycles. The monoisotopic (exact) mass is 324 g/mol. The van der Waals surface area contributed by atoms with Crippen molar-refractivity contribution in [2.75, 3.05) is 10.5 Å². The number of benzene rings is 1. The average Bonchev–Trinajstić information content (AvgIpc) is 2.71. The lowest BCUT2D eigenvalue weighted by atomic mass is 10.3. The number of hydrogen-bond donors (Lipinski definition) is 2. The molecule has 18 heavy (non-hydrogen) atoms. The van der Waals surface area contributed by atoms with E-state index in [-0.39, 0.29) is 20.2 Å². The van der Waals surface area contributed by atoms with Gasteiger partial charge in [0.2, 0.25) is 5.13 Å². The van der Waals surface area contributed by atoms with E-state index in [2.05, 4.69) is 14.9 Å². The first kappa shape index (κ1) is 13.3. The molecule has 0 fully saturated rings. The summed E-state index contributed by atoms with van der Waals surface area (Å²) in [5.74, 6) is 0. The first-order chi connectivity index (χ1) is 8.38. The highest BCUT2D eigenvalue weighted by molar-refractivity contribution is 7.94. The Morgan fingerprint density at radius 2 is 1.94 bits per heavy atom. The molecule has 0 unspecified atom stereocenters. The minimum atomic E-state index is -3.81. The van der Waals surface area contributed by atoms with Crippen LogP contribution in [0.2, 0.25) is 10.0 Å². The predicted octanol–water partition coefficient (Wildman–Crippen LogP) is 2.23. The Hall–Kier alpha value is -1.09. The molecular weight excluding hydrogens is 319 g/mol. The Kier molecular flexibility index (Phi) is 3.62. The van der Waals surface area contributed by atoms with Crippen molar-refractivity contribution in [1.82, 2.24) is 10.2 Å². The highest BCUT2D eigenvalue weighted by Crippen LogP contribution is 2.27. The number of sulfonamides is 1. The summed E-state index contributed by atoms with van der Waals surface area (Å²) in [6.45, 7) is 0. The summed E-state index contributed by atoms with van der Waals surface area (Å²) < 4.78 is 25.8. The van der Waals surface area contributed by atoms with E-state index < -0.39 is 10.0 Å². The molecule has 2 rings (SSSR count). The number of nitrogens with one attached hydrogen (secondary N) is 1. The molecule has 0 bridgehead atoms. The maximum Gasteiger partial charge on any atom is 0.291 e. The van der Waals surface area contributed by atoms with Gasteiger partial charge in [0.05, 0.1) is 15.7 Å². The molecule has 0 aliphatic heterocycles. The Labute approximate surface area is 117 Å². The lowest BCUT2D eigenvalue weighted by molar-refractivity contribution is 0.599. The van der Waals surface area contributed by atoms with Crippen molar-refractivity contribution in [2.24, 2.45) is 0 Å². The molecule has 2 aromatic rings. The fourth-order valence-electron chi connectivity index (χ4n) is 1.09. The van der Waals surface area contributed by atoms with Crippen LogP contribution in [0, 0.1) is 0 Å². The van der Waals surface area contributed by atoms with Gasteiger partial charge in [-0.1, -0.05) is 34.5 Å². The van der Waals surface area contributed by atoms with Crippen molar-refractivity contribution in [3.8, 4) is 0 Å². The number of rotatable bonds is 3. The van der Waals surface area contributed by atoms with Gasteiger partial charge in [0.25, 0.3) is 14.4 Å². The van der Waals surface area contributed by atoms with E-state index in [9.17, 15) is 8.42 Å². The van der Waals surface area contributed by atoms with Crippen LogP contribution in [0.4, 0.5) is 10.8 Å². The SMILES string of the molecule is Nc1nnc(S(=O)(=O)Nc2ccc(Cl)c(Cl)c2)s1. The van der Waals surface area contributed by atoms with E-state index in [1.807, 2.05) is 0 Å². The third-order valence-corrected chi connectivity index (χ3v) is 5.06. The molecule has 0 aliphatic rings. The number of nitrogens with two attached hydrogens (primary N) is 1. The molecule has 3 N–H and O–H groups in total. The normalized spacial score (nSPS) is 11.4. The molecule has 1 heterocycles. The molecule has 0 atom stereocenters. The second-order valence-corrected chi connectivity index (χ2v) is 6.82. The van der Waals surface area contributed by atoms with Crippen molar-refractivity contribution in [2.45, 2.75) is 4.34 Å². The molecule has 6 nitrogen and oxygen atoms in total. The van der Waals surface area contributed by atoms with Gasteiger partial charge in [-0.3, -0.25) is 4.72 Å². The van der Waals surface area contributed by atoms with Crippen LogP contribution in [0.5, 0.6) is 0 Å². The number of halogens is 2. The van der Waals surface area contributed by atoms with Crippen molar-refractivity contribution in [1.29, 1.82) is 0 Å². The number of nitrogen functional groups attached to an aromatic ring is 1. The van der Waals surface area contributed by atoms with Gasteiger partial charge >= 0.3 is 0 Å². The predicted molar refractivity (Wildman–Crippen MR) is 71.6 cm³/mol. The summed E-state index contributed by atoms with van der Waals surface area (Å²) in [6, 6.07) is 4.36. The minimum absolute atomic E-state index is 0.0736. The van der Waals surface area contributed by atoms with Crippen LogP contribution in [0.25, 0.3) is 0 Å². The molecule has 0 aliphatic carbocycles. The highest BCUT2D eigenvalue weighted by Gasteiger charge is 2.19. The summed E-state index contributed by atoms with van der Waals surface area (Å²) in [5, 5.41) is 7.54. The van der Waals surface area contributed by atoms with Gasteiger partial charge in [0.1, 0.15) is 0 Å². The smallest absolute Gasteiger partial charge is 0.291 e. The van der Waals surface area contributed by atoms with Gasteiger partial charge in [0, 0.05) is 0 Å². The van der Waals surface area contributed by atoms with E-state index in [0.717, 1.165) is 11.3 Å². The van der Waals surface area contributed by atoms with Crippen molar-refractivity contribution in [3.63, 3.8) is 0 Å². The van der Waals surface area contributed by atoms with Gasteiger partial charge in [-0.05, 0) is 18.2 Å². The maximum absolute atomic E-state index is 11.9. The van der Waals surface area contributed by atoms with Gasteiger partial charge in [-0.2, -0.15) is 8.42 Å². The molecule has 0 saturated heterocycles. The van der Waals surface area contributed by atoms with Crippen LogP contribution in [0.15, 0.2) is 22.5 Å². The Morgan fingerprint density at radius 1 is 1.22 bits per heavy atom. The van der Waals surface area contributed by atoms with Crippen LogP contribution >= 0.6 is 34.5 Å². The average molecular weight is 325 g/mol. The van der Waals surface area contributed by atoms with E-state index in [0.29, 0.717) is 5.02 Å². The van der Waals surface area contributed by atoms with Crippen molar-refractivity contribution in [3.05, 3.63) is 28.2 Å². The quantitative estimate of drug-likeness (QED) is 0.902. The number of aromatic nitrogens is 2. The lowest BCUT2D eigenvalue weighted by Crippen LogP contribution is -2.12. The minimum Gasteiger partial charge on any atom is -0.374 e. The second-order valence-electron chi connectivity index (χ2n) is 3.14. The zero-order valence-corrected chi connectivity index (χ0v) is 11.7. The van der Waals surface area contributed by atoms with Crippen LogP contribution in [-0.2, 0) is 10.0 Å². The van der Waals surface area contributed by atoms with Crippen LogP contribution in [-0.4, -0.2) is 18.6 Å². The fourth-order valence-corrected chi connectivity index (χ4v) is 3.22. The van der Waals surface area contributed by atoms with E-state index in [4.69, 9.17) is 28.9 Å².